The topological polar surface area (TPSA) is 47.0 Å². The maximum absolute atomic E-state index is 5.18. The molecule has 1 aliphatic carbocycles. The van der Waals surface area contributed by atoms with Crippen LogP contribution in [0, 0.1) is 12.8 Å². The van der Waals surface area contributed by atoms with Crippen molar-refractivity contribution in [3.63, 3.8) is 0 Å². The zero-order valence-electron chi connectivity index (χ0n) is 8.49. The van der Waals surface area contributed by atoms with Crippen LogP contribution in [0.15, 0.2) is 0 Å². The van der Waals surface area contributed by atoms with E-state index < -0.39 is 0 Å². The van der Waals surface area contributed by atoms with E-state index in [1.165, 1.54) is 12.8 Å². The summed E-state index contributed by atoms with van der Waals surface area (Å²) in [4.78, 5) is 0. The highest BCUT2D eigenvalue weighted by Gasteiger charge is 2.31. The van der Waals surface area contributed by atoms with Crippen molar-refractivity contribution in [2.24, 2.45) is 5.92 Å². The standard InChI is InChI=1S/C9H15N3OS/c1-6-11-12-9(14-6)10-8(5-13-2)7-3-4-7/h7-8H,3-5H2,1-2H3,(H,10,12). The van der Waals surface area contributed by atoms with Crippen molar-refractivity contribution >= 4 is 16.5 Å². The van der Waals surface area contributed by atoms with Gasteiger partial charge >= 0.3 is 0 Å². The number of anilines is 1. The molecule has 2 rings (SSSR count). The first-order valence-corrected chi connectivity index (χ1v) is 5.67. The lowest BCUT2D eigenvalue weighted by Gasteiger charge is -2.15. The highest BCUT2D eigenvalue weighted by Crippen LogP contribution is 2.34. The number of aromatic nitrogens is 2. The van der Waals surface area contributed by atoms with Gasteiger partial charge in [-0.3, -0.25) is 0 Å². The van der Waals surface area contributed by atoms with E-state index in [0.29, 0.717) is 6.04 Å². The maximum Gasteiger partial charge on any atom is 0.205 e. The number of nitrogens with one attached hydrogen (secondary N) is 1. The smallest absolute Gasteiger partial charge is 0.205 e. The largest absolute Gasteiger partial charge is 0.383 e. The molecule has 0 spiro atoms. The van der Waals surface area contributed by atoms with Crippen LogP contribution >= 0.6 is 11.3 Å². The van der Waals surface area contributed by atoms with E-state index >= 15 is 0 Å². The summed E-state index contributed by atoms with van der Waals surface area (Å²) in [5, 5.41) is 13.3. The Morgan fingerprint density at radius 1 is 1.57 bits per heavy atom. The minimum Gasteiger partial charge on any atom is -0.383 e. The first-order valence-electron chi connectivity index (χ1n) is 4.85. The van der Waals surface area contributed by atoms with E-state index in [1.807, 2.05) is 6.92 Å². The van der Waals surface area contributed by atoms with Crippen molar-refractivity contribution in [3.05, 3.63) is 5.01 Å². The summed E-state index contributed by atoms with van der Waals surface area (Å²) in [6.45, 7) is 2.72. The van der Waals surface area contributed by atoms with Gasteiger partial charge in [-0.05, 0) is 25.7 Å². The van der Waals surface area contributed by atoms with Gasteiger partial charge in [0.1, 0.15) is 5.01 Å². The third kappa shape index (κ3) is 2.42. The molecule has 0 radical (unpaired) electrons. The molecule has 1 saturated carbocycles. The molecule has 0 aromatic carbocycles. The predicted octanol–water partition coefficient (Wildman–Crippen LogP) is 1.68. The van der Waals surface area contributed by atoms with Crippen molar-refractivity contribution < 1.29 is 4.74 Å². The second kappa shape index (κ2) is 4.23. The molecule has 4 nitrogen and oxygen atoms in total. The predicted molar refractivity (Wildman–Crippen MR) is 56.7 cm³/mol. The summed E-state index contributed by atoms with van der Waals surface area (Å²) in [6.07, 6.45) is 2.61. The van der Waals surface area contributed by atoms with Gasteiger partial charge in [0, 0.05) is 7.11 Å². The summed E-state index contributed by atoms with van der Waals surface area (Å²) in [5.41, 5.74) is 0. The molecular weight excluding hydrogens is 198 g/mol. The number of aryl methyl sites for hydroxylation is 1. The molecule has 14 heavy (non-hydrogen) atoms. The quantitative estimate of drug-likeness (QED) is 0.808. The third-order valence-corrected chi connectivity index (χ3v) is 3.14. The van der Waals surface area contributed by atoms with Gasteiger partial charge in [-0.1, -0.05) is 11.3 Å². The molecule has 1 fully saturated rings. The van der Waals surface area contributed by atoms with E-state index in [2.05, 4.69) is 15.5 Å². The Morgan fingerprint density at radius 3 is 2.86 bits per heavy atom. The average molecular weight is 213 g/mol. The van der Waals surface area contributed by atoms with Crippen molar-refractivity contribution in [1.29, 1.82) is 0 Å². The van der Waals surface area contributed by atoms with Crippen molar-refractivity contribution in [2.45, 2.75) is 25.8 Å². The van der Waals surface area contributed by atoms with Crippen LogP contribution in [-0.2, 0) is 4.74 Å². The fraction of sp³-hybridized carbons (Fsp3) is 0.778. The Labute approximate surface area is 87.7 Å². The van der Waals surface area contributed by atoms with E-state index in [9.17, 15) is 0 Å². The van der Waals surface area contributed by atoms with Gasteiger partial charge in [-0.2, -0.15) is 0 Å². The highest BCUT2D eigenvalue weighted by molar-refractivity contribution is 7.15. The van der Waals surface area contributed by atoms with Crippen LogP contribution in [0.2, 0.25) is 0 Å². The molecule has 1 heterocycles. The molecule has 1 aromatic heterocycles. The minimum atomic E-state index is 0.410. The monoisotopic (exact) mass is 213 g/mol. The van der Waals surface area contributed by atoms with Gasteiger partial charge < -0.3 is 10.1 Å². The second-order valence-electron chi connectivity index (χ2n) is 3.67. The molecule has 0 bridgehead atoms. The molecule has 0 saturated heterocycles. The van der Waals surface area contributed by atoms with E-state index in [1.54, 1.807) is 18.4 Å². The van der Waals surface area contributed by atoms with Crippen LogP contribution in [0.25, 0.3) is 0 Å². The average Bonchev–Trinajstić information content (AvgIpc) is 2.91. The van der Waals surface area contributed by atoms with Gasteiger partial charge in [0.15, 0.2) is 0 Å². The number of methoxy groups -OCH3 is 1. The molecule has 0 aliphatic heterocycles. The maximum atomic E-state index is 5.18. The molecule has 1 aromatic rings. The zero-order valence-corrected chi connectivity index (χ0v) is 9.30. The van der Waals surface area contributed by atoms with Crippen molar-refractivity contribution in [1.82, 2.24) is 10.2 Å². The van der Waals surface area contributed by atoms with Gasteiger partial charge in [0.05, 0.1) is 12.6 Å². The normalized spacial score (nSPS) is 18.1. The first kappa shape index (κ1) is 9.86. The van der Waals surface area contributed by atoms with E-state index in [4.69, 9.17) is 4.74 Å². The van der Waals surface area contributed by atoms with Crippen LogP contribution in [0.4, 0.5) is 5.13 Å². The minimum absolute atomic E-state index is 0.410. The van der Waals surface area contributed by atoms with Gasteiger partial charge in [-0.25, -0.2) is 0 Å². The van der Waals surface area contributed by atoms with Crippen LogP contribution in [-0.4, -0.2) is 30.0 Å². The number of hydrogen-bond acceptors (Lipinski definition) is 5. The Bertz CT molecular complexity index is 298. The number of nitrogens with zero attached hydrogens (tertiary/aromatic N) is 2. The van der Waals surface area contributed by atoms with Crippen molar-refractivity contribution in [3.8, 4) is 0 Å². The van der Waals surface area contributed by atoms with Crippen LogP contribution in [0.5, 0.6) is 0 Å². The molecule has 1 N–H and O–H groups in total. The summed E-state index contributed by atoms with van der Waals surface area (Å²) < 4.78 is 5.18. The van der Waals surface area contributed by atoms with E-state index in [-0.39, 0.29) is 0 Å². The van der Waals surface area contributed by atoms with Gasteiger partial charge in [0.25, 0.3) is 0 Å². The Balaban J connectivity index is 1.92. The zero-order chi connectivity index (χ0) is 9.97. The molecule has 1 atom stereocenters. The van der Waals surface area contributed by atoms with E-state index in [0.717, 1.165) is 22.7 Å². The molecule has 5 heteroatoms. The fourth-order valence-electron chi connectivity index (χ4n) is 1.49. The Morgan fingerprint density at radius 2 is 2.36 bits per heavy atom. The summed E-state index contributed by atoms with van der Waals surface area (Å²) in [5.74, 6) is 0.763. The Kier molecular flexibility index (Phi) is 2.98. The van der Waals surface area contributed by atoms with Crippen molar-refractivity contribution in [2.75, 3.05) is 19.0 Å². The van der Waals surface area contributed by atoms with Crippen LogP contribution < -0.4 is 5.32 Å². The highest BCUT2D eigenvalue weighted by atomic mass is 32.1. The van der Waals surface area contributed by atoms with Crippen LogP contribution in [0.1, 0.15) is 17.8 Å². The second-order valence-corrected chi connectivity index (χ2v) is 4.85. The van der Waals surface area contributed by atoms with Crippen LogP contribution in [0.3, 0.4) is 0 Å². The number of rotatable bonds is 5. The lowest BCUT2D eigenvalue weighted by atomic mass is 10.2. The first-order chi connectivity index (χ1) is 6.79. The molecule has 1 unspecified atom stereocenters. The lowest BCUT2D eigenvalue weighted by Crippen LogP contribution is -2.27. The third-order valence-electron chi connectivity index (χ3n) is 2.37. The number of ether oxygens (including phenoxy) is 1. The summed E-state index contributed by atoms with van der Waals surface area (Å²) in [6, 6.07) is 0.410. The number of hydrogen-bond donors (Lipinski definition) is 1. The Hall–Kier alpha value is -0.680. The summed E-state index contributed by atoms with van der Waals surface area (Å²) >= 11 is 1.60. The molecule has 78 valence electrons. The lowest BCUT2D eigenvalue weighted by molar-refractivity contribution is 0.179. The molecular formula is C9H15N3OS. The molecule has 1 aliphatic rings. The fourth-order valence-corrected chi connectivity index (χ4v) is 2.14. The van der Waals surface area contributed by atoms with Gasteiger partial charge in [-0.15, -0.1) is 10.2 Å². The molecule has 0 amide bonds. The SMILES string of the molecule is COCC(Nc1nnc(C)s1)C1CC1. The summed E-state index contributed by atoms with van der Waals surface area (Å²) in [7, 11) is 1.74. The van der Waals surface area contributed by atoms with Gasteiger partial charge in [0.2, 0.25) is 5.13 Å².